The highest BCUT2D eigenvalue weighted by Crippen LogP contribution is 2.29. The molecule has 3 nitrogen and oxygen atoms in total. The first-order valence-corrected chi connectivity index (χ1v) is 5.69. The molecule has 0 aliphatic carbocycles. The molecular weight excluding hydrogens is 226 g/mol. The van der Waals surface area contributed by atoms with Crippen LogP contribution < -0.4 is 4.90 Å². The molecule has 1 unspecified atom stereocenters. The lowest BCUT2D eigenvalue weighted by molar-refractivity contribution is 0.101. The second-order valence-corrected chi connectivity index (χ2v) is 4.52. The smallest absolute Gasteiger partial charge is 0.159 e. The summed E-state index contributed by atoms with van der Waals surface area (Å²) in [5.74, 6) is 0.00917. The van der Waals surface area contributed by atoms with E-state index in [1.807, 2.05) is 11.0 Å². The predicted molar refractivity (Wildman–Crippen MR) is 64.3 cm³/mol. The first kappa shape index (κ1) is 11.4. The molecule has 1 atom stereocenters. The maximum absolute atomic E-state index is 11.2. The Hall–Kier alpha value is -1.06. The molecule has 1 heterocycles. The van der Waals surface area contributed by atoms with Crippen LogP contribution in [0.15, 0.2) is 18.2 Å². The number of carbonyl (C=O) groups excluding carboxylic acids is 1. The van der Waals surface area contributed by atoms with Crippen LogP contribution in [0.5, 0.6) is 0 Å². The molecule has 0 bridgehead atoms. The van der Waals surface area contributed by atoms with Gasteiger partial charge in [-0.15, -0.1) is 0 Å². The summed E-state index contributed by atoms with van der Waals surface area (Å²) >= 11 is 6.13. The molecule has 1 N–H and O–H groups in total. The van der Waals surface area contributed by atoms with Crippen molar-refractivity contribution in [2.75, 3.05) is 18.0 Å². The fourth-order valence-corrected chi connectivity index (χ4v) is 2.24. The van der Waals surface area contributed by atoms with Crippen molar-refractivity contribution in [3.05, 3.63) is 28.8 Å². The molecule has 0 amide bonds. The Balaban J connectivity index is 2.26. The fourth-order valence-electron chi connectivity index (χ4n) is 1.94. The van der Waals surface area contributed by atoms with Gasteiger partial charge in [-0.2, -0.15) is 0 Å². The minimum Gasteiger partial charge on any atom is -0.391 e. The van der Waals surface area contributed by atoms with E-state index in [1.165, 1.54) is 6.92 Å². The summed E-state index contributed by atoms with van der Waals surface area (Å²) in [6.07, 6.45) is 0.494. The quantitative estimate of drug-likeness (QED) is 0.804. The van der Waals surface area contributed by atoms with Gasteiger partial charge in [0.1, 0.15) is 0 Å². The zero-order chi connectivity index (χ0) is 11.7. The SMILES string of the molecule is CC(=O)c1ccc(N2CCC(O)C2)c(Cl)c1. The molecular formula is C12H14ClNO2. The second kappa shape index (κ2) is 4.44. The number of Topliss-reactive ketones (excluding diaryl/α,β-unsaturated/α-hetero) is 1. The van der Waals surface area contributed by atoms with E-state index in [1.54, 1.807) is 12.1 Å². The maximum Gasteiger partial charge on any atom is 0.159 e. The number of nitrogens with zero attached hydrogens (tertiary/aromatic N) is 1. The van der Waals surface area contributed by atoms with Crippen LogP contribution in [-0.2, 0) is 0 Å². The molecule has 1 saturated heterocycles. The number of halogens is 1. The first-order valence-electron chi connectivity index (χ1n) is 5.31. The van der Waals surface area contributed by atoms with Crippen LogP contribution >= 0.6 is 11.6 Å². The van der Waals surface area contributed by atoms with Crippen molar-refractivity contribution in [3.8, 4) is 0 Å². The lowest BCUT2D eigenvalue weighted by Crippen LogP contribution is -2.21. The van der Waals surface area contributed by atoms with Crippen LogP contribution in [0.3, 0.4) is 0 Å². The first-order chi connectivity index (χ1) is 7.58. The number of rotatable bonds is 2. The van der Waals surface area contributed by atoms with Gasteiger partial charge in [0.15, 0.2) is 5.78 Å². The number of hydrogen-bond acceptors (Lipinski definition) is 3. The summed E-state index contributed by atoms with van der Waals surface area (Å²) in [6, 6.07) is 5.30. The van der Waals surface area contributed by atoms with E-state index in [0.29, 0.717) is 17.1 Å². The summed E-state index contributed by atoms with van der Waals surface area (Å²) in [6.45, 7) is 2.93. The van der Waals surface area contributed by atoms with Crippen LogP contribution in [0.1, 0.15) is 23.7 Å². The average molecular weight is 240 g/mol. The van der Waals surface area contributed by atoms with Crippen LogP contribution in [-0.4, -0.2) is 30.1 Å². The van der Waals surface area contributed by atoms with Crippen LogP contribution in [0.25, 0.3) is 0 Å². The molecule has 1 aromatic rings. The number of ketones is 1. The van der Waals surface area contributed by atoms with Gasteiger partial charge in [0.05, 0.1) is 16.8 Å². The van der Waals surface area contributed by atoms with E-state index in [2.05, 4.69) is 0 Å². The van der Waals surface area contributed by atoms with Crippen molar-refractivity contribution < 1.29 is 9.90 Å². The van der Waals surface area contributed by atoms with E-state index in [0.717, 1.165) is 18.7 Å². The Morgan fingerprint density at radius 1 is 1.56 bits per heavy atom. The van der Waals surface area contributed by atoms with Gasteiger partial charge >= 0.3 is 0 Å². The molecule has 0 aromatic heterocycles. The summed E-state index contributed by atoms with van der Waals surface area (Å²) in [5.41, 5.74) is 1.51. The standard InChI is InChI=1S/C12H14ClNO2/c1-8(15)9-2-3-12(11(13)6-9)14-5-4-10(16)7-14/h2-3,6,10,16H,4-5,7H2,1H3. The summed E-state index contributed by atoms with van der Waals surface area (Å²) in [4.78, 5) is 13.2. The third-order valence-corrected chi connectivity index (χ3v) is 3.16. The number of β-amino-alcohol motifs (C(OH)–C–C–N with tert-alkyl or cyclic N) is 1. The van der Waals surface area contributed by atoms with E-state index >= 15 is 0 Å². The number of carbonyl (C=O) groups is 1. The highest BCUT2D eigenvalue weighted by atomic mass is 35.5. The molecule has 1 aliphatic rings. The third kappa shape index (κ3) is 2.20. The van der Waals surface area contributed by atoms with Gasteiger partial charge in [0.2, 0.25) is 0 Å². The molecule has 0 radical (unpaired) electrons. The van der Waals surface area contributed by atoms with Gasteiger partial charge in [-0.05, 0) is 31.5 Å². The normalized spacial score (nSPS) is 20.2. The molecule has 1 aliphatic heterocycles. The highest BCUT2D eigenvalue weighted by Gasteiger charge is 2.22. The van der Waals surface area contributed by atoms with Gasteiger partial charge in [0.25, 0.3) is 0 Å². The van der Waals surface area contributed by atoms with E-state index < -0.39 is 0 Å². The van der Waals surface area contributed by atoms with Crippen molar-refractivity contribution in [2.45, 2.75) is 19.4 Å². The Labute approximate surface area is 99.6 Å². The van der Waals surface area contributed by atoms with Crippen LogP contribution in [0.2, 0.25) is 5.02 Å². The topological polar surface area (TPSA) is 40.5 Å². The molecule has 0 saturated carbocycles. The average Bonchev–Trinajstić information content (AvgIpc) is 2.64. The van der Waals surface area contributed by atoms with E-state index in [9.17, 15) is 9.90 Å². The summed E-state index contributed by atoms with van der Waals surface area (Å²) in [5, 5.41) is 10.0. The van der Waals surface area contributed by atoms with E-state index in [4.69, 9.17) is 11.6 Å². The lowest BCUT2D eigenvalue weighted by Gasteiger charge is -2.19. The van der Waals surface area contributed by atoms with Crippen molar-refractivity contribution in [1.29, 1.82) is 0 Å². The van der Waals surface area contributed by atoms with Crippen molar-refractivity contribution in [2.24, 2.45) is 0 Å². The molecule has 1 fully saturated rings. The fraction of sp³-hybridized carbons (Fsp3) is 0.417. The number of hydrogen-bond donors (Lipinski definition) is 1. The third-order valence-electron chi connectivity index (χ3n) is 2.86. The second-order valence-electron chi connectivity index (χ2n) is 4.11. The summed E-state index contributed by atoms with van der Waals surface area (Å²) < 4.78 is 0. The van der Waals surface area contributed by atoms with Gasteiger partial charge in [-0.3, -0.25) is 4.79 Å². The van der Waals surface area contributed by atoms with Crippen LogP contribution in [0.4, 0.5) is 5.69 Å². The number of aliphatic hydroxyl groups excluding tert-OH is 1. The number of anilines is 1. The van der Waals surface area contributed by atoms with Gasteiger partial charge in [-0.25, -0.2) is 0 Å². The molecule has 0 spiro atoms. The van der Waals surface area contributed by atoms with Gasteiger partial charge in [0, 0.05) is 18.7 Å². The Morgan fingerprint density at radius 3 is 2.81 bits per heavy atom. The molecule has 86 valence electrons. The largest absolute Gasteiger partial charge is 0.391 e. The maximum atomic E-state index is 11.2. The van der Waals surface area contributed by atoms with Gasteiger partial charge < -0.3 is 10.0 Å². The van der Waals surface area contributed by atoms with Crippen molar-refractivity contribution >= 4 is 23.1 Å². The van der Waals surface area contributed by atoms with E-state index in [-0.39, 0.29) is 11.9 Å². The highest BCUT2D eigenvalue weighted by molar-refractivity contribution is 6.33. The van der Waals surface area contributed by atoms with Crippen LogP contribution in [0, 0.1) is 0 Å². The minimum atomic E-state index is -0.274. The van der Waals surface area contributed by atoms with Crippen molar-refractivity contribution in [1.82, 2.24) is 0 Å². The summed E-state index contributed by atoms with van der Waals surface area (Å²) in [7, 11) is 0. The lowest BCUT2D eigenvalue weighted by atomic mass is 10.1. The molecule has 4 heteroatoms. The molecule has 16 heavy (non-hydrogen) atoms. The number of benzene rings is 1. The van der Waals surface area contributed by atoms with Crippen molar-refractivity contribution in [3.63, 3.8) is 0 Å². The Bertz CT molecular complexity index is 419. The Kier molecular flexibility index (Phi) is 3.17. The number of aliphatic hydroxyl groups is 1. The zero-order valence-electron chi connectivity index (χ0n) is 9.11. The molecule has 2 rings (SSSR count). The Morgan fingerprint density at radius 2 is 2.31 bits per heavy atom. The monoisotopic (exact) mass is 239 g/mol. The minimum absolute atomic E-state index is 0.00917. The molecule has 1 aromatic carbocycles. The van der Waals surface area contributed by atoms with Gasteiger partial charge in [-0.1, -0.05) is 11.6 Å². The predicted octanol–water partition coefficient (Wildman–Crippen LogP) is 2.11. The zero-order valence-corrected chi connectivity index (χ0v) is 9.87.